The third-order valence-corrected chi connectivity index (χ3v) is 4.78. The predicted octanol–water partition coefficient (Wildman–Crippen LogP) is 2.92. The highest BCUT2D eigenvalue weighted by molar-refractivity contribution is 4.93. The summed E-state index contributed by atoms with van der Waals surface area (Å²) in [6.07, 6.45) is 8.98. The van der Waals surface area contributed by atoms with E-state index in [1.165, 1.54) is 51.7 Å². The van der Waals surface area contributed by atoms with Crippen LogP contribution in [0.2, 0.25) is 0 Å². The van der Waals surface area contributed by atoms with Crippen LogP contribution >= 0.6 is 0 Å². The zero-order chi connectivity index (χ0) is 13.7. The molecule has 2 unspecified atom stereocenters. The second kappa shape index (κ2) is 6.72. The van der Waals surface area contributed by atoms with Gasteiger partial charge in [-0.05, 0) is 72.0 Å². The Morgan fingerprint density at radius 3 is 2.79 bits per heavy atom. The van der Waals surface area contributed by atoms with Gasteiger partial charge in [-0.1, -0.05) is 6.42 Å². The van der Waals surface area contributed by atoms with Gasteiger partial charge in [0.1, 0.15) is 0 Å². The largest absolute Gasteiger partial charge is 0.312 e. The molecule has 3 nitrogen and oxygen atoms in total. The molecule has 0 bridgehead atoms. The molecule has 0 aromatic rings. The van der Waals surface area contributed by atoms with E-state index in [0.29, 0.717) is 0 Å². The minimum Gasteiger partial charge on any atom is -0.312 e. The number of hydrogen-bond acceptors (Lipinski definition) is 3. The van der Waals surface area contributed by atoms with Crippen molar-refractivity contribution < 1.29 is 0 Å². The quantitative estimate of drug-likeness (QED) is 0.829. The monoisotopic (exact) mass is 263 g/mol. The molecule has 2 fully saturated rings. The summed E-state index contributed by atoms with van der Waals surface area (Å²) in [6.45, 7) is 7.75. The smallest absolute Gasteiger partial charge is 0.0683 e. The Hall–Kier alpha value is -0.590. The highest BCUT2D eigenvalue weighted by Gasteiger charge is 2.31. The molecule has 2 aliphatic rings. The number of hydrogen-bond donors (Lipinski definition) is 1. The van der Waals surface area contributed by atoms with Crippen LogP contribution in [0, 0.1) is 16.7 Å². The van der Waals surface area contributed by atoms with Crippen LogP contribution in [-0.2, 0) is 0 Å². The van der Waals surface area contributed by atoms with Crippen LogP contribution in [0.4, 0.5) is 0 Å². The van der Waals surface area contributed by atoms with Crippen molar-refractivity contribution in [3.8, 4) is 6.07 Å². The fourth-order valence-corrected chi connectivity index (χ4v) is 3.57. The molecule has 0 saturated carbocycles. The van der Waals surface area contributed by atoms with Gasteiger partial charge in [-0.2, -0.15) is 5.26 Å². The molecule has 2 saturated heterocycles. The molecule has 19 heavy (non-hydrogen) atoms. The van der Waals surface area contributed by atoms with Crippen LogP contribution in [0.5, 0.6) is 0 Å². The molecular weight excluding hydrogens is 234 g/mol. The molecule has 3 heteroatoms. The number of nitriles is 1. The van der Waals surface area contributed by atoms with Crippen LogP contribution in [0.3, 0.4) is 0 Å². The highest BCUT2D eigenvalue weighted by atomic mass is 15.2. The van der Waals surface area contributed by atoms with Crippen molar-refractivity contribution in [1.29, 1.82) is 5.26 Å². The summed E-state index contributed by atoms with van der Waals surface area (Å²) in [4.78, 5) is 2.69. The van der Waals surface area contributed by atoms with Crippen LogP contribution in [0.25, 0.3) is 0 Å². The van der Waals surface area contributed by atoms with Crippen LogP contribution < -0.4 is 5.32 Å². The Kier molecular flexibility index (Phi) is 5.24. The highest BCUT2D eigenvalue weighted by Crippen LogP contribution is 2.26. The Morgan fingerprint density at radius 1 is 1.26 bits per heavy atom. The van der Waals surface area contributed by atoms with E-state index in [1.807, 2.05) is 0 Å². The van der Waals surface area contributed by atoms with E-state index in [2.05, 4.69) is 30.1 Å². The van der Waals surface area contributed by atoms with E-state index in [9.17, 15) is 0 Å². The summed E-state index contributed by atoms with van der Waals surface area (Å²) in [5.41, 5.74) is -0.156. The van der Waals surface area contributed by atoms with E-state index in [4.69, 9.17) is 5.26 Å². The maximum Gasteiger partial charge on any atom is 0.0683 e. The summed E-state index contributed by atoms with van der Waals surface area (Å²) in [5, 5.41) is 12.8. The van der Waals surface area contributed by atoms with Crippen LogP contribution in [0.15, 0.2) is 0 Å². The molecule has 108 valence electrons. The number of likely N-dealkylation sites (tertiary alicyclic amines) is 1. The van der Waals surface area contributed by atoms with Crippen molar-refractivity contribution >= 4 is 0 Å². The van der Waals surface area contributed by atoms with E-state index in [-0.39, 0.29) is 5.41 Å². The van der Waals surface area contributed by atoms with E-state index < -0.39 is 0 Å². The van der Waals surface area contributed by atoms with Gasteiger partial charge < -0.3 is 5.32 Å². The van der Waals surface area contributed by atoms with Crippen molar-refractivity contribution in [1.82, 2.24) is 10.2 Å². The van der Waals surface area contributed by atoms with Crippen LogP contribution in [-0.4, -0.2) is 36.6 Å². The first-order valence-electron chi connectivity index (χ1n) is 8.01. The maximum absolute atomic E-state index is 9.08. The summed E-state index contributed by atoms with van der Waals surface area (Å²) in [5.74, 6) is 0. The minimum absolute atomic E-state index is 0.156. The Labute approximate surface area is 118 Å². The van der Waals surface area contributed by atoms with Gasteiger partial charge in [0.15, 0.2) is 0 Å². The predicted molar refractivity (Wildman–Crippen MR) is 78.9 cm³/mol. The molecule has 0 amide bonds. The third-order valence-electron chi connectivity index (χ3n) is 4.78. The number of nitrogens with one attached hydrogen (secondary N) is 1. The molecule has 0 radical (unpaired) electrons. The van der Waals surface area contributed by atoms with Crippen molar-refractivity contribution in [2.45, 2.75) is 70.9 Å². The molecule has 1 N–H and O–H groups in total. The molecule has 0 aliphatic carbocycles. The van der Waals surface area contributed by atoms with Gasteiger partial charge in [0.05, 0.1) is 11.5 Å². The number of piperidine rings is 1. The average molecular weight is 263 g/mol. The third kappa shape index (κ3) is 4.19. The Bertz CT molecular complexity index is 312. The van der Waals surface area contributed by atoms with Gasteiger partial charge in [0.25, 0.3) is 0 Å². The van der Waals surface area contributed by atoms with Crippen LogP contribution in [0.1, 0.15) is 58.8 Å². The molecule has 0 aromatic carbocycles. The average Bonchev–Trinajstić information content (AvgIpc) is 2.93. The van der Waals surface area contributed by atoms with Gasteiger partial charge >= 0.3 is 0 Å². The number of nitrogens with zero attached hydrogens (tertiary/aromatic N) is 2. The molecule has 0 aromatic heterocycles. The molecule has 2 rings (SSSR count). The zero-order valence-corrected chi connectivity index (χ0v) is 12.6. The summed E-state index contributed by atoms with van der Waals surface area (Å²) >= 11 is 0. The first-order chi connectivity index (χ1) is 9.12. The van der Waals surface area contributed by atoms with Crippen molar-refractivity contribution in [3.05, 3.63) is 0 Å². The second-order valence-corrected chi connectivity index (χ2v) is 6.90. The van der Waals surface area contributed by atoms with Gasteiger partial charge in [-0.25, -0.2) is 0 Å². The van der Waals surface area contributed by atoms with E-state index >= 15 is 0 Å². The molecule has 0 spiro atoms. The summed E-state index contributed by atoms with van der Waals surface area (Å²) in [6, 6.07) is 3.89. The first-order valence-corrected chi connectivity index (χ1v) is 8.01. The maximum atomic E-state index is 9.08. The van der Waals surface area contributed by atoms with E-state index in [1.54, 1.807) is 0 Å². The standard InChI is InChI=1S/C16H29N3/c1-16(2,13-17)9-6-12-19-11-4-3-8-15(19)14-7-5-10-18-14/h14-15,18H,3-12H2,1-2H3. The van der Waals surface area contributed by atoms with E-state index in [0.717, 1.165) is 24.9 Å². The Morgan fingerprint density at radius 2 is 2.11 bits per heavy atom. The minimum atomic E-state index is -0.156. The van der Waals surface area contributed by atoms with Gasteiger partial charge in [-0.3, -0.25) is 4.90 Å². The molecular formula is C16H29N3. The fraction of sp³-hybridized carbons (Fsp3) is 0.938. The van der Waals surface area contributed by atoms with Crippen molar-refractivity contribution in [2.75, 3.05) is 19.6 Å². The Balaban J connectivity index is 1.81. The number of rotatable bonds is 5. The van der Waals surface area contributed by atoms with Crippen molar-refractivity contribution in [2.24, 2.45) is 5.41 Å². The SMILES string of the molecule is CC(C)(C#N)CCCN1CCCCC1C1CCCN1. The summed E-state index contributed by atoms with van der Waals surface area (Å²) < 4.78 is 0. The van der Waals surface area contributed by atoms with Gasteiger partial charge in [-0.15, -0.1) is 0 Å². The second-order valence-electron chi connectivity index (χ2n) is 6.90. The lowest BCUT2D eigenvalue weighted by molar-refractivity contribution is 0.115. The normalized spacial score (nSPS) is 29.3. The topological polar surface area (TPSA) is 39.1 Å². The lowest BCUT2D eigenvalue weighted by Gasteiger charge is -2.39. The molecule has 2 atom stereocenters. The summed E-state index contributed by atoms with van der Waals surface area (Å²) in [7, 11) is 0. The van der Waals surface area contributed by atoms with Crippen molar-refractivity contribution in [3.63, 3.8) is 0 Å². The zero-order valence-electron chi connectivity index (χ0n) is 12.6. The molecule has 2 aliphatic heterocycles. The fourth-order valence-electron chi connectivity index (χ4n) is 3.57. The first kappa shape index (κ1) is 14.8. The lowest BCUT2D eigenvalue weighted by Crippen LogP contribution is -2.50. The van der Waals surface area contributed by atoms with Gasteiger partial charge in [0, 0.05) is 12.1 Å². The molecule has 2 heterocycles. The van der Waals surface area contributed by atoms with Gasteiger partial charge in [0.2, 0.25) is 0 Å². The lowest BCUT2D eigenvalue weighted by atomic mass is 9.89.